The largest absolute Gasteiger partial charge is 0.496 e. The fourth-order valence-electron chi connectivity index (χ4n) is 2.77. The predicted octanol–water partition coefficient (Wildman–Crippen LogP) is 3.78. The van der Waals surface area contributed by atoms with E-state index in [1.54, 1.807) is 14.2 Å². The van der Waals surface area contributed by atoms with Gasteiger partial charge in [-0.15, -0.1) is 0 Å². The molecule has 1 fully saturated rings. The number of benzene rings is 1. The van der Waals surface area contributed by atoms with E-state index < -0.39 is 0 Å². The molecule has 1 aliphatic rings. The smallest absolute Gasteiger partial charge is 0.188 e. The molecule has 0 aromatic heterocycles. The minimum Gasteiger partial charge on any atom is -0.496 e. The first kappa shape index (κ1) is 18.6. The minimum absolute atomic E-state index is 0. The molecule has 21 heavy (non-hydrogen) atoms. The minimum atomic E-state index is 0. The van der Waals surface area contributed by atoms with Crippen LogP contribution in [0.25, 0.3) is 0 Å². The van der Waals surface area contributed by atoms with Crippen LogP contribution in [-0.4, -0.2) is 44.3 Å². The van der Waals surface area contributed by atoms with Gasteiger partial charge in [0.1, 0.15) is 17.1 Å². The van der Waals surface area contributed by atoms with E-state index in [2.05, 4.69) is 0 Å². The third-order valence-electron chi connectivity index (χ3n) is 3.82. The Morgan fingerprint density at radius 1 is 1.10 bits per heavy atom. The van der Waals surface area contributed by atoms with Crippen LogP contribution in [0.2, 0.25) is 0 Å². The number of carbonyl (C=O) groups is 1. The zero-order valence-corrected chi connectivity index (χ0v) is 14.5. The molecule has 0 N–H and O–H groups in total. The molecular weight excluding hydrogens is 278 g/mol. The summed E-state index contributed by atoms with van der Waals surface area (Å²) in [5.41, 5.74) is 2.37. The summed E-state index contributed by atoms with van der Waals surface area (Å²) in [5, 5.41) is 0. The summed E-state index contributed by atoms with van der Waals surface area (Å²) in [6.45, 7) is 1.97. The van der Waals surface area contributed by atoms with Crippen LogP contribution in [0.4, 0.5) is 0 Å². The molecule has 1 radical (unpaired) electrons. The number of rotatable bonds is 5. The molecule has 2 rings (SSSR count). The second-order valence-electron chi connectivity index (χ2n) is 5.35. The maximum atomic E-state index is 12.6. The van der Waals surface area contributed by atoms with E-state index in [1.165, 1.54) is 32.1 Å². The average Bonchev–Trinajstić information content (AvgIpc) is 2.46. The number of ether oxygens (including phenoxy) is 2. The molecule has 1 saturated carbocycles. The van der Waals surface area contributed by atoms with Crippen molar-refractivity contribution in [3.8, 4) is 11.5 Å². The third kappa shape index (κ3) is 4.75. The molecular formula is C16H23LiO3P. The summed E-state index contributed by atoms with van der Waals surface area (Å²) in [5.74, 6) is 1.27. The summed E-state index contributed by atoms with van der Waals surface area (Å²) in [7, 11) is 3.54. The van der Waals surface area contributed by atoms with Gasteiger partial charge in [-0.05, 0) is 51.7 Å². The molecule has 3 nitrogen and oxygen atoms in total. The van der Waals surface area contributed by atoms with E-state index in [0.29, 0.717) is 31.3 Å². The van der Waals surface area contributed by atoms with Crippen LogP contribution < -0.4 is 9.47 Å². The van der Waals surface area contributed by atoms with Crippen LogP contribution in [0, 0.1) is 6.92 Å². The van der Waals surface area contributed by atoms with E-state index in [0.717, 1.165) is 5.56 Å². The molecule has 0 heterocycles. The van der Waals surface area contributed by atoms with E-state index in [-0.39, 0.29) is 24.4 Å². The molecule has 1 unspecified atom stereocenters. The van der Waals surface area contributed by atoms with Crippen molar-refractivity contribution in [3.63, 3.8) is 0 Å². The Hall–Kier alpha value is -0.483. The van der Waals surface area contributed by atoms with Gasteiger partial charge < -0.3 is 9.47 Å². The molecule has 111 valence electrons. The topological polar surface area (TPSA) is 35.5 Å². The summed E-state index contributed by atoms with van der Waals surface area (Å²) in [4.78, 5) is 12.6. The molecule has 1 atom stereocenters. The number of hydrogen-bond acceptors (Lipinski definition) is 3. The normalized spacial score (nSPS) is 15.8. The Morgan fingerprint density at radius 2 is 1.62 bits per heavy atom. The Balaban J connectivity index is 0.00000220. The van der Waals surface area contributed by atoms with Crippen molar-refractivity contribution in [1.82, 2.24) is 0 Å². The average molecular weight is 301 g/mol. The molecule has 0 bridgehead atoms. The Morgan fingerprint density at radius 3 is 2.10 bits per heavy atom. The van der Waals surface area contributed by atoms with E-state index >= 15 is 0 Å². The summed E-state index contributed by atoms with van der Waals surface area (Å²) < 4.78 is 10.8. The first-order valence-corrected chi connectivity index (χ1v) is 8.27. The van der Waals surface area contributed by atoms with Gasteiger partial charge in [-0.25, -0.2) is 0 Å². The summed E-state index contributed by atoms with van der Waals surface area (Å²) in [6.07, 6.45) is 6.19. The fraction of sp³-hybridized carbons (Fsp3) is 0.562. The van der Waals surface area contributed by atoms with Gasteiger partial charge in [0, 0.05) is 18.9 Å². The van der Waals surface area contributed by atoms with Gasteiger partial charge in [-0.1, -0.05) is 19.3 Å². The van der Waals surface area contributed by atoms with Gasteiger partial charge in [-0.3, -0.25) is 4.79 Å². The second kappa shape index (κ2) is 8.84. The van der Waals surface area contributed by atoms with Crippen LogP contribution >= 0.6 is 8.58 Å². The Labute approximate surface area is 141 Å². The van der Waals surface area contributed by atoms with E-state index in [1.807, 2.05) is 19.1 Å². The molecule has 1 aromatic carbocycles. The van der Waals surface area contributed by atoms with Crippen molar-refractivity contribution in [2.75, 3.05) is 14.2 Å². The SMILES string of the molecule is COc1cc(C)cc(OC)c1C(=O)PC1CCCCC1.[Li]. The molecule has 0 aliphatic heterocycles. The van der Waals surface area contributed by atoms with Crippen LogP contribution in [0.1, 0.15) is 48.0 Å². The first-order valence-electron chi connectivity index (χ1n) is 7.19. The Bertz CT molecular complexity index is 459. The number of carbonyl (C=O) groups excluding carboxylic acids is 1. The maximum Gasteiger partial charge on any atom is 0.188 e. The van der Waals surface area contributed by atoms with Gasteiger partial charge in [0.25, 0.3) is 0 Å². The quantitative estimate of drug-likeness (QED) is 0.613. The number of hydrogen-bond donors (Lipinski definition) is 0. The van der Waals surface area contributed by atoms with Crippen molar-refractivity contribution in [2.24, 2.45) is 0 Å². The maximum absolute atomic E-state index is 12.6. The Kier molecular flexibility index (Phi) is 7.81. The molecule has 5 heteroatoms. The summed E-state index contributed by atoms with van der Waals surface area (Å²) >= 11 is 0. The van der Waals surface area contributed by atoms with Crippen molar-refractivity contribution in [3.05, 3.63) is 23.3 Å². The van der Waals surface area contributed by atoms with Gasteiger partial charge in [0.2, 0.25) is 0 Å². The van der Waals surface area contributed by atoms with Gasteiger partial charge in [0.05, 0.1) is 14.2 Å². The van der Waals surface area contributed by atoms with Crippen molar-refractivity contribution >= 4 is 33.0 Å². The second-order valence-corrected chi connectivity index (χ2v) is 6.91. The van der Waals surface area contributed by atoms with E-state index in [4.69, 9.17) is 9.47 Å². The van der Waals surface area contributed by atoms with Crippen molar-refractivity contribution < 1.29 is 14.3 Å². The first-order chi connectivity index (χ1) is 9.65. The predicted molar refractivity (Wildman–Crippen MR) is 89.6 cm³/mol. The van der Waals surface area contributed by atoms with Crippen LogP contribution in [0.5, 0.6) is 11.5 Å². The molecule has 0 amide bonds. The van der Waals surface area contributed by atoms with Crippen LogP contribution in [-0.2, 0) is 0 Å². The van der Waals surface area contributed by atoms with Gasteiger partial charge in [-0.2, -0.15) is 0 Å². The van der Waals surface area contributed by atoms with E-state index in [9.17, 15) is 4.79 Å². The number of methoxy groups -OCH3 is 2. The van der Waals surface area contributed by atoms with Crippen molar-refractivity contribution in [1.29, 1.82) is 0 Å². The standard InChI is InChI=1S/C16H23O3P.Li/c1-11-9-13(18-2)15(14(10-11)19-3)16(17)20-12-7-5-4-6-8-12;/h9-10,12,20H,4-8H2,1-3H3;. The molecule has 0 saturated heterocycles. The molecule has 1 aliphatic carbocycles. The monoisotopic (exact) mass is 301 g/mol. The molecule has 0 spiro atoms. The number of aryl methyl sites for hydroxylation is 1. The third-order valence-corrected chi connectivity index (χ3v) is 5.32. The zero-order valence-electron chi connectivity index (χ0n) is 13.5. The fourth-order valence-corrected chi connectivity index (χ4v) is 4.23. The van der Waals surface area contributed by atoms with Crippen molar-refractivity contribution in [2.45, 2.75) is 44.7 Å². The van der Waals surface area contributed by atoms with Gasteiger partial charge >= 0.3 is 0 Å². The molecule has 1 aromatic rings. The zero-order chi connectivity index (χ0) is 14.5. The summed E-state index contributed by atoms with van der Waals surface area (Å²) in [6, 6.07) is 3.81. The van der Waals surface area contributed by atoms with Crippen LogP contribution in [0.3, 0.4) is 0 Å². The van der Waals surface area contributed by atoms with Crippen LogP contribution in [0.15, 0.2) is 12.1 Å². The van der Waals surface area contributed by atoms with Gasteiger partial charge in [0.15, 0.2) is 5.52 Å².